The van der Waals surface area contributed by atoms with Gasteiger partial charge in [0.15, 0.2) is 6.73 Å². The third kappa shape index (κ3) is 4.63. The summed E-state index contributed by atoms with van der Waals surface area (Å²) < 4.78 is 5.47. The number of carbonyl (C=O) groups is 2. The average Bonchev–Trinajstić information content (AvgIpc) is 2.52. The van der Waals surface area contributed by atoms with Crippen LogP contribution in [0.1, 0.15) is 21.5 Å². The molecule has 0 saturated carbocycles. The van der Waals surface area contributed by atoms with Gasteiger partial charge >= 0.3 is 12.0 Å². The standard InChI is InChI=1S/C17H17ClN2O4/c1-10-6-14(7-11(2)15(10)18)24-9-19-17(23)20-13-5-3-4-12(8-13)16(21)22/h3-8H,9H2,1-2H3,(H,21,22)(H2,19,20,23). The molecule has 0 bridgehead atoms. The zero-order valence-electron chi connectivity index (χ0n) is 13.2. The number of aryl methyl sites for hydroxylation is 2. The Morgan fingerprint density at radius 1 is 1.17 bits per heavy atom. The van der Waals surface area contributed by atoms with Crippen LogP contribution in [0.15, 0.2) is 36.4 Å². The molecule has 0 aliphatic rings. The minimum atomic E-state index is -1.06. The molecule has 6 nitrogen and oxygen atoms in total. The summed E-state index contributed by atoms with van der Waals surface area (Å²) in [6.45, 7) is 3.71. The van der Waals surface area contributed by atoms with E-state index in [9.17, 15) is 9.59 Å². The van der Waals surface area contributed by atoms with Crippen LogP contribution in [0.2, 0.25) is 5.02 Å². The fourth-order valence-electron chi connectivity index (χ4n) is 2.08. The number of carbonyl (C=O) groups excluding carboxylic acids is 1. The fourth-order valence-corrected chi connectivity index (χ4v) is 2.19. The van der Waals surface area contributed by atoms with Crippen molar-refractivity contribution in [1.82, 2.24) is 5.32 Å². The van der Waals surface area contributed by atoms with E-state index in [0.717, 1.165) is 11.1 Å². The number of amides is 2. The fraction of sp³-hybridized carbons (Fsp3) is 0.176. The number of halogens is 1. The summed E-state index contributed by atoms with van der Waals surface area (Å²) >= 11 is 6.08. The molecular weight excluding hydrogens is 332 g/mol. The van der Waals surface area contributed by atoms with Crippen LogP contribution in [0, 0.1) is 13.8 Å². The highest BCUT2D eigenvalue weighted by Crippen LogP contribution is 2.25. The van der Waals surface area contributed by atoms with Crippen molar-refractivity contribution in [3.63, 3.8) is 0 Å². The number of hydrogen-bond acceptors (Lipinski definition) is 3. The lowest BCUT2D eigenvalue weighted by atomic mass is 10.1. The van der Waals surface area contributed by atoms with Crippen molar-refractivity contribution in [2.75, 3.05) is 12.0 Å². The predicted molar refractivity (Wildman–Crippen MR) is 92.0 cm³/mol. The van der Waals surface area contributed by atoms with Crippen LogP contribution >= 0.6 is 11.6 Å². The molecule has 126 valence electrons. The lowest BCUT2D eigenvalue weighted by molar-refractivity contribution is 0.0697. The molecule has 0 atom stereocenters. The summed E-state index contributed by atoms with van der Waals surface area (Å²) in [5, 5.41) is 14.7. The molecule has 24 heavy (non-hydrogen) atoms. The summed E-state index contributed by atoms with van der Waals surface area (Å²) in [5.74, 6) is -0.460. The van der Waals surface area contributed by atoms with Gasteiger partial charge in [-0.3, -0.25) is 0 Å². The van der Waals surface area contributed by atoms with Gasteiger partial charge in [0, 0.05) is 10.7 Å². The number of benzene rings is 2. The SMILES string of the molecule is Cc1cc(OCNC(=O)Nc2cccc(C(=O)O)c2)cc(C)c1Cl. The maximum atomic E-state index is 11.8. The Labute approximate surface area is 144 Å². The van der Waals surface area contributed by atoms with E-state index in [4.69, 9.17) is 21.4 Å². The molecular formula is C17H17ClN2O4. The van der Waals surface area contributed by atoms with Gasteiger partial charge in [0.1, 0.15) is 5.75 Å². The van der Waals surface area contributed by atoms with Gasteiger partial charge in [-0.15, -0.1) is 0 Å². The van der Waals surface area contributed by atoms with Gasteiger partial charge < -0.3 is 20.5 Å². The Morgan fingerprint density at radius 2 is 1.83 bits per heavy atom. The number of nitrogens with one attached hydrogen (secondary N) is 2. The molecule has 2 aromatic rings. The highest BCUT2D eigenvalue weighted by atomic mass is 35.5. The maximum absolute atomic E-state index is 11.8. The minimum absolute atomic E-state index is 0.0367. The molecule has 0 aromatic heterocycles. The first-order valence-corrected chi connectivity index (χ1v) is 7.52. The largest absolute Gasteiger partial charge is 0.478 e. The minimum Gasteiger partial charge on any atom is -0.478 e. The summed E-state index contributed by atoms with van der Waals surface area (Å²) in [5.41, 5.74) is 2.25. The van der Waals surface area contributed by atoms with Gasteiger partial charge in [-0.2, -0.15) is 0 Å². The molecule has 0 aliphatic heterocycles. The Bertz CT molecular complexity index is 754. The second-order valence-corrected chi connectivity index (χ2v) is 5.55. The molecule has 0 saturated heterocycles. The van der Waals surface area contributed by atoms with Crippen LogP contribution < -0.4 is 15.4 Å². The predicted octanol–water partition coefficient (Wildman–Crippen LogP) is 3.81. The van der Waals surface area contributed by atoms with E-state index in [1.54, 1.807) is 24.3 Å². The number of urea groups is 1. The first-order chi connectivity index (χ1) is 11.4. The van der Waals surface area contributed by atoms with E-state index in [2.05, 4.69) is 10.6 Å². The van der Waals surface area contributed by atoms with Gasteiger partial charge in [-0.25, -0.2) is 9.59 Å². The Hall–Kier alpha value is -2.73. The molecule has 0 radical (unpaired) electrons. The van der Waals surface area contributed by atoms with Gasteiger partial charge in [-0.05, 0) is 55.3 Å². The normalized spacial score (nSPS) is 10.1. The maximum Gasteiger partial charge on any atom is 0.335 e. The topological polar surface area (TPSA) is 87.7 Å². The molecule has 2 rings (SSSR count). The van der Waals surface area contributed by atoms with Crippen molar-refractivity contribution in [3.05, 3.63) is 58.1 Å². The molecule has 7 heteroatoms. The van der Waals surface area contributed by atoms with Crippen LogP contribution in [0.3, 0.4) is 0 Å². The molecule has 0 spiro atoms. The molecule has 3 N–H and O–H groups in total. The molecule has 0 heterocycles. The van der Waals surface area contributed by atoms with Gasteiger partial charge in [0.05, 0.1) is 5.56 Å². The second-order valence-electron chi connectivity index (χ2n) is 5.18. The van der Waals surface area contributed by atoms with E-state index in [0.29, 0.717) is 16.5 Å². The number of ether oxygens (including phenoxy) is 1. The summed E-state index contributed by atoms with van der Waals surface area (Å²) in [4.78, 5) is 22.7. The van der Waals surface area contributed by atoms with E-state index >= 15 is 0 Å². The van der Waals surface area contributed by atoms with Crippen molar-refractivity contribution in [3.8, 4) is 5.75 Å². The van der Waals surface area contributed by atoms with Crippen LogP contribution in [0.5, 0.6) is 5.75 Å². The Kier molecular flexibility index (Phi) is 5.65. The van der Waals surface area contributed by atoms with Gasteiger partial charge in [0.25, 0.3) is 0 Å². The molecule has 0 fully saturated rings. The summed E-state index contributed by atoms with van der Waals surface area (Å²) in [6, 6.07) is 9.03. The first-order valence-electron chi connectivity index (χ1n) is 7.14. The van der Waals surface area contributed by atoms with E-state index in [1.165, 1.54) is 12.1 Å². The quantitative estimate of drug-likeness (QED) is 0.717. The van der Waals surface area contributed by atoms with E-state index in [1.807, 2.05) is 13.8 Å². The van der Waals surface area contributed by atoms with Crippen LogP contribution in [0.25, 0.3) is 0 Å². The number of aromatic carboxylic acids is 1. The number of anilines is 1. The van der Waals surface area contributed by atoms with Gasteiger partial charge in [0.2, 0.25) is 0 Å². The third-order valence-corrected chi connectivity index (χ3v) is 3.85. The average molecular weight is 349 g/mol. The van der Waals surface area contributed by atoms with Crippen molar-refractivity contribution >= 4 is 29.3 Å². The number of rotatable bonds is 5. The Morgan fingerprint density at radius 3 is 2.46 bits per heavy atom. The third-order valence-electron chi connectivity index (χ3n) is 3.25. The summed E-state index contributed by atoms with van der Waals surface area (Å²) in [6.07, 6.45) is 0. The first kappa shape index (κ1) is 17.6. The zero-order chi connectivity index (χ0) is 17.7. The van der Waals surface area contributed by atoms with E-state index in [-0.39, 0.29) is 12.3 Å². The summed E-state index contributed by atoms with van der Waals surface area (Å²) in [7, 11) is 0. The molecule has 2 amide bonds. The van der Waals surface area contributed by atoms with Crippen molar-refractivity contribution < 1.29 is 19.4 Å². The van der Waals surface area contributed by atoms with Crippen molar-refractivity contribution in [2.45, 2.75) is 13.8 Å². The van der Waals surface area contributed by atoms with Crippen molar-refractivity contribution in [1.29, 1.82) is 0 Å². The van der Waals surface area contributed by atoms with Crippen molar-refractivity contribution in [2.24, 2.45) is 0 Å². The second kappa shape index (κ2) is 7.70. The monoisotopic (exact) mass is 348 g/mol. The number of hydrogen-bond donors (Lipinski definition) is 3. The smallest absolute Gasteiger partial charge is 0.335 e. The molecule has 2 aromatic carbocycles. The zero-order valence-corrected chi connectivity index (χ0v) is 14.0. The highest BCUT2D eigenvalue weighted by Gasteiger charge is 2.07. The van der Waals surface area contributed by atoms with Gasteiger partial charge in [-0.1, -0.05) is 17.7 Å². The molecule has 0 unspecified atom stereocenters. The van der Waals surface area contributed by atoms with Crippen LogP contribution in [0.4, 0.5) is 10.5 Å². The van der Waals surface area contributed by atoms with E-state index < -0.39 is 12.0 Å². The number of carboxylic acids is 1. The lowest BCUT2D eigenvalue weighted by Crippen LogP contribution is -2.32. The highest BCUT2D eigenvalue weighted by molar-refractivity contribution is 6.32. The van der Waals surface area contributed by atoms with Crippen LogP contribution in [-0.2, 0) is 0 Å². The Balaban J connectivity index is 1.88. The lowest BCUT2D eigenvalue weighted by Gasteiger charge is -2.11. The molecule has 0 aliphatic carbocycles. The van der Waals surface area contributed by atoms with Crippen LogP contribution in [-0.4, -0.2) is 23.8 Å². The number of carboxylic acid groups (broad SMARTS) is 1.